The summed E-state index contributed by atoms with van der Waals surface area (Å²) in [5, 5.41) is 3.58. The molecule has 1 fully saturated rings. The predicted octanol–water partition coefficient (Wildman–Crippen LogP) is 3.33. The molecule has 3 heterocycles. The van der Waals surface area contributed by atoms with E-state index < -0.39 is 11.5 Å². The standard InChI is InChI=1S/C22H19N3O4/c26-20(16-12-14-6-1-3-9-18(14)28-21(16)27)23-13-15-7-5-11-25(15)22-24-17-8-2-4-10-19(17)29-22/h1-4,6,8-10,12,15H,5,7,11,13H2,(H,23,26)/t15-/m1/s1. The number of fused-ring (bicyclic) bond motifs is 2. The number of benzene rings is 2. The van der Waals surface area contributed by atoms with Gasteiger partial charge in [-0.3, -0.25) is 4.79 Å². The number of oxazole rings is 1. The van der Waals surface area contributed by atoms with Gasteiger partial charge in [0.15, 0.2) is 5.58 Å². The van der Waals surface area contributed by atoms with E-state index in [-0.39, 0.29) is 11.6 Å². The van der Waals surface area contributed by atoms with Crippen LogP contribution in [0.3, 0.4) is 0 Å². The van der Waals surface area contributed by atoms with Gasteiger partial charge in [-0.2, -0.15) is 4.98 Å². The normalized spacial score (nSPS) is 16.6. The van der Waals surface area contributed by atoms with Gasteiger partial charge in [0.2, 0.25) is 0 Å². The molecule has 4 aromatic rings. The highest BCUT2D eigenvalue weighted by Crippen LogP contribution is 2.28. The molecule has 1 aliphatic rings. The quantitative estimate of drug-likeness (QED) is 0.539. The predicted molar refractivity (Wildman–Crippen MR) is 109 cm³/mol. The first kappa shape index (κ1) is 17.5. The Bertz CT molecular complexity index is 1230. The number of carbonyl (C=O) groups excluding carboxylic acids is 1. The van der Waals surface area contributed by atoms with E-state index in [0.717, 1.165) is 30.5 Å². The van der Waals surface area contributed by atoms with E-state index in [4.69, 9.17) is 8.83 Å². The molecule has 29 heavy (non-hydrogen) atoms. The molecule has 0 spiro atoms. The summed E-state index contributed by atoms with van der Waals surface area (Å²) in [7, 11) is 0. The summed E-state index contributed by atoms with van der Waals surface area (Å²) < 4.78 is 11.1. The number of hydrogen-bond acceptors (Lipinski definition) is 6. The molecule has 5 rings (SSSR count). The molecule has 0 saturated carbocycles. The number of aromatic nitrogens is 1. The first-order valence-electron chi connectivity index (χ1n) is 9.62. The fourth-order valence-corrected chi connectivity index (χ4v) is 3.81. The Kier molecular flexibility index (Phi) is 4.27. The van der Waals surface area contributed by atoms with Crippen LogP contribution in [0.15, 0.2) is 68.2 Å². The molecule has 1 amide bonds. The molecule has 0 bridgehead atoms. The van der Waals surface area contributed by atoms with Crippen molar-refractivity contribution in [3.63, 3.8) is 0 Å². The van der Waals surface area contributed by atoms with E-state index in [2.05, 4.69) is 15.2 Å². The van der Waals surface area contributed by atoms with Crippen molar-refractivity contribution in [3.05, 3.63) is 70.6 Å². The van der Waals surface area contributed by atoms with Crippen molar-refractivity contribution in [2.24, 2.45) is 0 Å². The molecule has 1 aliphatic heterocycles. The van der Waals surface area contributed by atoms with E-state index in [9.17, 15) is 9.59 Å². The lowest BCUT2D eigenvalue weighted by molar-refractivity contribution is 0.0947. The van der Waals surface area contributed by atoms with E-state index in [1.165, 1.54) is 0 Å². The number of para-hydroxylation sites is 3. The molecule has 1 N–H and O–H groups in total. The molecule has 0 radical (unpaired) electrons. The van der Waals surface area contributed by atoms with Crippen molar-refractivity contribution >= 4 is 34.0 Å². The van der Waals surface area contributed by atoms with Crippen LogP contribution in [-0.4, -0.2) is 30.0 Å². The molecule has 1 atom stereocenters. The molecule has 0 aliphatic carbocycles. The summed E-state index contributed by atoms with van der Waals surface area (Å²) in [4.78, 5) is 31.4. The summed E-state index contributed by atoms with van der Waals surface area (Å²) >= 11 is 0. The maximum atomic E-state index is 12.6. The lowest BCUT2D eigenvalue weighted by Gasteiger charge is -2.22. The summed E-state index contributed by atoms with van der Waals surface area (Å²) in [5.74, 6) is -0.436. The van der Waals surface area contributed by atoms with Gasteiger partial charge >= 0.3 is 5.63 Å². The summed E-state index contributed by atoms with van der Waals surface area (Å²) in [6, 6.07) is 16.9. The van der Waals surface area contributed by atoms with Crippen molar-refractivity contribution in [1.29, 1.82) is 0 Å². The number of nitrogens with one attached hydrogen (secondary N) is 1. The smallest absolute Gasteiger partial charge is 0.349 e. The van der Waals surface area contributed by atoms with Crippen LogP contribution in [-0.2, 0) is 0 Å². The lowest BCUT2D eigenvalue weighted by Crippen LogP contribution is -2.41. The summed E-state index contributed by atoms with van der Waals surface area (Å²) in [6.07, 6.45) is 1.89. The van der Waals surface area contributed by atoms with E-state index >= 15 is 0 Å². The van der Waals surface area contributed by atoms with Crippen LogP contribution in [0, 0.1) is 0 Å². The first-order chi connectivity index (χ1) is 14.2. The third kappa shape index (κ3) is 3.24. The van der Waals surface area contributed by atoms with Gasteiger partial charge in [0.1, 0.15) is 16.7 Å². The number of nitrogens with zero attached hydrogens (tertiary/aromatic N) is 2. The minimum atomic E-state index is -0.636. The zero-order valence-corrected chi connectivity index (χ0v) is 15.6. The third-order valence-electron chi connectivity index (χ3n) is 5.29. The van der Waals surface area contributed by atoms with Crippen LogP contribution in [0.2, 0.25) is 0 Å². The fraction of sp³-hybridized carbons (Fsp3) is 0.227. The molecule has 146 valence electrons. The molecule has 2 aromatic heterocycles. The van der Waals surface area contributed by atoms with Gasteiger partial charge < -0.3 is 19.1 Å². The zero-order valence-electron chi connectivity index (χ0n) is 15.6. The average Bonchev–Trinajstić information content (AvgIpc) is 3.37. The van der Waals surface area contributed by atoms with Crippen molar-refractivity contribution in [2.75, 3.05) is 18.0 Å². The van der Waals surface area contributed by atoms with Crippen molar-refractivity contribution < 1.29 is 13.6 Å². The van der Waals surface area contributed by atoms with E-state index in [1.807, 2.05) is 30.3 Å². The molecule has 7 heteroatoms. The van der Waals surface area contributed by atoms with Gasteiger partial charge in [-0.15, -0.1) is 0 Å². The second-order valence-corrected chi connectivity index (χ2v) is 7.15. The van der Waals surface area contributed by atoms with Crippen molar-refractivity contribution in [1.82, 2.24) is 10.3 Å². The molecular weight excluding hydrogens is 370 g/mol. The monoisotopic (exact) mass is 389 g/mol. The Morgan fingerprint density at radius 2 is 1.90 bits per heavy atom. The Morgan fingerprint density at radius 3 is 2.76 bits per heavy atom. The molecule has 0 unspecified atom stereocenters. The fourth-order valence-electron chi connectivity index (χ4n) is 3.81. The maximum absolute atomic E-state index is 12.6. The van der Waals surface area contributed by atoms with Crippen LogP contribution in [0.25, 0.3) is 22.1 Å². The van der Waals surface area contributed by atoms with Crippen LogP contribution in [0.5, 0.6) is 0 Å². The number of amides is 1. The number of hydrogen-bond donors (Lipinski definition) is 1. The van der Waals surface area contributed by atoms with E-state index in [1.54, 1.807) is 24.3 Å². The molecule has 1 saturated heterocycles. The number of carbonyl (C=O) groups is 1. The van der Waals surface area contributed by atoms with Gasteiger partial charge in [-0.25, -0.2) is 4.79 Å². The Labute approximate surface area is 165 Å². The highest BCUT2D eigenvalue weighted by atomic mass is 16.4. The van der Waals surface area contributed by atoms with E-state index in [0.29, 0.717) is 23.5 Å². The molecular formula is C22H19N3O4. The topological polar surface area (TPSA) is 88.6 Å². The van der Waals surface area contributed by atoms with Gasteiger partial charge in [0.05, 0.1) is 6.04 Å². The van der Waals surface area contributed by atoms with Crippen molar-refractivity contribution in [2.45, 2.75) is 18.9 Å². The van der Waals surface area contributed by atoms with Gasteiger partial charge in [-0.05, 0) is 37.1 Å². The second kappa shape index (κ2) is 7.09. The average molecular weight is 389 g/mol. The largest absolute Gasteiger partial charge is 0.423 e. The lowest BCUT2D eigenvalue weighted by atomic mass is 10.1. The highest BCUT2D eigenvalue weighted by Gasteiger charge is 2.29. The minimum absolute atomic E-state index is 0.00936. The van der Waals surface area contributed by atoms with Gasteiger partial charge in [0.25, 0.3) is 11.9 Å². The summed E-state index contributed by atoms with van der Waals surface area (Å²) in [5.41, 5.74) is 1.39. The number of anilines is 1. The molecule has 7 nitrogen and oxygen atoms in total. The number of rotatable bonds is 4. The third-order valence-corrected chi connectivity index (χ3v) is 5.29. The first-order valence-corrected chi connectivity index (χ1v) is 9.62. The Hall–Kier alpha value is -3.61. The minimum Gasteiger partial charge on any atom is -0.423 e. The van der Waals surface area contributed by atoms with Crippen LogP contribution >= 0.6 is 0 Å². The van der Waals surface area contributed by atoms with Crippen molar-refractivity contribution in [3.8, 4) is 0 Å². The SMILES string of the molecule is O=C(NC[C@H]1CCCN1c1nc2ccccc2o1)c1cc2ccccc2oc1=O. The van der Waals surface area contributed by atoms with Crippen LogP contribution < -0.4 is 15.8 Å². The zero-order chi connectivity index (χ0) is 19.8. The highest BCUT2D eigenvalue weighted by molar-refractivity contribution is 5.96. The Morgan fingerprint density at radius 1 is 1.10 bits per heavy atom. The molecule has 2 aromatic carbocycles. The van der Waals surface area contributed by atoms with Crippen LogP contribution in [0.4, 0.5) is 6.01 Å². The van der Waals surface area contributed by atoms with Gasteiger partial charge in [-0.1, -0.05) is 30.3 Å². The second-order valence-electron chi connectivity index (χ2n) is 7.15. The maximum Gasteiger partial charge on any atom is 0.349 e. The van der Waals surface area contributed by atoms with Gasteiger partial charge in [0, 0.05) is 18.5 Å². The Balaban J connectivity index is 1.33. The summed E-state index contributed by atoms with van der Waals surface area (Å²) in [6.45, 7) is 1.20. The van der Waals surface area contributed by atoms with Crippen LogP contribution in [0.1, 0.15) is 23.2 Å².